The van der Waals surface area contributed by atoms with E-state index in [0.29, 0.717) is 13.0 Å². The van der Waals surface area contributed by atoms with Gasteiger partial charge in [-0.3, -0.25) is 24.0 Å². The topological polar surface area (TPSA) is 139 Å². The van der Waals surface area contributed by atoms with Gasteiger partial charge in [-0.15, -0.1) is 0 Å². The van der Waals surface area contributed by atoms with Crippen LogP contribution in [-0.4, -0.2) is 56.3 Å². The predicted octanol–water partition coefficient (Wildman–Crippen LogP) is 5.01. The Morgan fingerprint density at radius 3 is 2.44 bits per heavy atom. The number of carbonyl (C=O) groups excluding carboxylic acids is 2. The lowest BCUT2D eigenvalue weighted by Crippen LogP contribution is -2.51. The molecule has 0 fully saturated rings. The SMILES string of the molecule is CCCNC(=O)[C@H](C)N(Cc1cccc(C)c1)C(=O)CN(c1cc(Cl)ccc1OC)S(=O)(=O)c1ccc(C)c([N+](=O)[O-])c1. The monoisotopic (exact) mass is 630 g/mol. The van der Waals surface area contributed by atoms with Crippen LogP contribution in [0.2, 0.25) is 5.02 Å². The summed E-state index contributed by atoms with van der Waals surface area (Å²) in [7, 11) is -3.27. The van der Waals surface area contributed by atoms with Crippen molar-refractivity contribution >= 4 is 44.8 Å². The van der Waals surface area contributed by atoms with Gasteiger partial charge in [-0.05, 0) is 57.0 Å². The first kappa shape index (κ1) is 33.3. The molecule has 11 nitrogen and oxygen atoms in total. The van der Waals surface area contributed by atoms with Crippen LogP contribution in [0.5, 0.6) is 5.75 Å². The number of benzene rings is 3. The van der Waals surface area contributed by atoms with Crippen LogP contribution in [0.3, 0.4) is 0 Å². The number of rotatable bonds is 13. The number of carbonyl (C=O) groups is 2. The van der Waals surface area contributed by atoms with Crippen LogP contribution in [0.15, 0.2) is 65.6 Å². The number of hydrogen-bond donors (Lipinski definition) is 1. The van der Waals surface area contributed by atoms with E-state index in [4.69, 9.17) is 16.3 Å². The van der Waals surface area contributed by atoms with Gasteiger partial charge in [0.25, 0.3) is 15.7 Å². The standard InChI is InChI=1S/C30H35ClN4O7S/c1-6-14-32-30(37)22(4)33(18-23-9-7-8-20(2)15-23)29(36)19-34(27-16-24(31)11-13-28(27)42-5)43(40,41)25-12-10-21(3)26(17-25)35(38)39/h7-13,15-17,22H,6,14,18-19H2,1-5H3,(H,32,37)/t22-/m0/s1. The van der Waals surface area contributed by atoms with Gasteiger partial charge in [-0.1, -0.05) is 54.4 Å². The normalized spacial score (nSPS) is 11.9. The minimum Gasteiger partial charge on any atom is -0.495 e. The number of sulfonamides is 1. The minimum absolute atomic E-state index is 0.0256. The molecule has 0 bridgehead atoms. The number of ether oxygens (including phenoxy) is 1. The maximum atomic E-state index is 14.2. The molecule has 3 aromatic carbocycles. The smallest absolute Gasteiger partial charge is 0.273 e. The van der Waals surface area contributed by atoms with Crippen molar-refractivity contribution in [3.8, 4) is 5.75 Å². The van der Waals surface area contributed by atoms with Gasteiger partial charge in [0.15, 0.2) is 0 Å². The molecule has 0 heterocycles. The lowest BCUT2D eigenvalue weighted by atomic mass is 10.1. The van der Waals surface area contributed by atoms with E-state index in [0.717, 1.165) is 21.5 Å². The number of anilines is 1. The Balaban J connectivity index is 2.15. The summed E-state index contributed by atoms with van der Waals surface area (Å²) in [5.74, 6) is -0.985. The molecule has 0 spiro atoms. The van der Waals surface area contributed by atoms with Crippen molar-refractivity contribution in [2.24, 2.45) is 0 Å². The summed E-state index contributed by atoms with van der Waals surface area (Å²) >= 11 is 6.25. The summed E-state index contributed by atoms with van der Waals surface area (Å²) in [6.07, 6.45) is 0.688. The van der Waals surface area contributed by atoms with Crippen molar-refractivity contribution in [1.82, 2.24) is 10.2 Å². The fraction of sp³-hybridized carbons (Fsp3) is 0.333. The van der Waals surface area contributed by atoms with Crippen molar-refractivity contribution in [1.29, 1.82) is 0 Å². The zero-order valence-electron chi connectivity index (χ0n) is 24.7. The second-order valence-electron chi connectivity index (χ2n) is 10.0. The number of nitrogens with one attached hydrogen (secondary N) is 1. The summed E-state index contributed by atoms with van der Waals surface area (Å²) in [4.78, 5) is 39.0. The molecule has 2 amide bonds. The molecule has 0 unspecified atom stereocenters. The predicted molar refractivity (Wildman–Crippen MR) is 165 cm³/mol. The summed E-state index contributed by atoms with van der Waals surface area (Å²) in [5.41, 5.74) is 1.51. The number of halogens is 1. The quantitative estimate of drug-likeness (QED) is 0.207. The number of methoxy groups -OCH3 is 1. The van der Waals surface area contributed by atoms with Crippen LogP contribution in [0.1, 0.15) is 37.0 Å². The van der Waals surface area contributed by atoms with Crippen molar-refractivity contribution < 1.29 is 27.7 Å². The van der Waals surface area contributed by atoms with Crippen LogP contribution in [0.4, 0.5) is 11.4 Å². The Bertz CT molecular complexity index is 1610. The van der Waals surface area contributed by atoms with E-state index in [-0.39, 0.29) is 28.6 Å². The molecule has 1 N–H and O–H groups in total. The zero-order chi connectivity index (χ0) is 31.9. The molecule has 43 heavy (non-hydrogen) atoms. The van der Waals surface area contributed by atoms with E-state index in [1.165, 1.54) is 49.3 Å². The van der Waals surface area contributed by atoms with Crippen LogP contribution in [0.25, 0.3) is 0 Å². The maximum Gasteiger partial charge on any atom is 0.273 e. The largest absolute Gasteiger partial charge is 0.495 e. The fourth-order valence-electron chi connectivity index (χ4n) is 4.43. The van der Waals surface area contributed by atoms with E-state index in [1.807, 2.05) is 38.1 Å². The molecule has 0 saturated carbocycles. The first-order valence-electron chi connectivity index (χ1n) is 13.5. The zero-order valence-corrected chi connectivity index (χ0v) is 26.2. The second-order valence-corrected chi connectivity index (χ2v) is 12.3. The van der Waals surface area contributed by atoms with Crippen molar-refractivity contribution in [3.63, 3.8) is 0 Å². The molecule has 230 valence electrons. The van der Waals surface area contributed by atoms with Gasteiger partial charge in [0.05, 0.1) is 22.6 Å². The molecule has 1 atom stereocenters. The summed E-state index contributed by atoms with van der Waals surface area (Å²) in [5, 5.41) is 14.6. The van der Waals surface area contributed by atoms with E-state index >= 15 is 0 Å². The summed E-state index contributed by atoms with van der Waals surface area (Å²) < 4.78 is 34.5. The van der Waals surface area contributed by atoms with E-state index in [2.05, 4.69) is 5.32 Å². The maximum absolute atomic E-state index is 14.2. The van der Waals surface area contributed by atoms with Gasteiger partial charge < -0.3 is 15.0 Å². The van der Waals surface area contributed by atoms with Crippen LogP contribution in [-0.2, 0) is 26.2 Å². The van der Waals surface area contributed by atoms with Gasteiger partial charge in [-0.25, -0.2) is 8.42 Å². The van der Waals surface area contributed by atoms with Gasteiger partial charge in [-0.2, -0.15) is 0 Å². The molecule has 3 aromatic rings. The van der Waals surface area contributed by atoms with E-state index < -0.39 is 49.9 Å². The minimum atomic E-state index is -4.60. The highest BCUT2D eigenvalue weighted by Gasteiger charge is 2.35. The molecule has 3 rings (SSSR count). The number of nitro benzene ring substituents is 1. The Kier molecular flexibility index (Phi) is 11.1. The van der Waals surface area contributed by atoms with Crippen molar-refractivity contribution in [2.45, 2.75) is 51.6 Å². The van der Waals surface area contributed by atoms with E-state index in [1.54, 1.807) is 6.92 Å². The van der Waals surface area contributed by atoms with Gasteiger partial charge in [0, 0.05) is 29.7 Å². The van der Waals surface area contributed by atoms with E-state index in [9.17, 15) is 28.1 Å². The average Bonchev–Trinajstić information content (AvgIpc) is 2.96. The summed E-state index contributed by atoms with van der Waals surface area (Å²) in [6, 6.07) is 14.2. The lowest BCUT2D eigenvalue weighted by molar-refractivity contribution is -0.385. The van der Waals surface area contributed by atoms with Gasteiger partial charge in [0.2, 0.25) is 11.8 Å². The van der Waals surface area contributed by atoms with Crippen LogP contribution < -0.4 is 14.4 Å². The molecule has 0 aliphatic carbocycles. The number of hydrogen-bond acceptors (Lipinski definition) is 7. The fourth-order valence-corrected chi connectivity index (χ4v) is 6.03. The molecular weight excluding hydrogens is 596 g/mol. The highest BCUT2D eigenvalue weighted by molar-refractivity contribution is 7.92. The number of amides is 2. The number of aryl methyl sites for hydroxylation is 2. The van der Waals surface area contributed by atoms with Crippen LogP contribution >= 0.6 is 11.6 Å². The third-order valence-corrected chi connectivity index (χ3v) is 8.80. The molecule has 0 aliphatic rings. The number of nitrogens with zero attached hydrogens (tertiary/aromatic N) is 3. The van der Waals surface area contributed by atoms with Crippen LogP contribution in [0, 0.1) is 24.0 Å². The average molecular weight is 631 g/mol. The third kappa shape index (κ3) is 8.02. The van der Waals surface area contributed by atoms with Crippen molar-refractivity contribution in [2.75, 3.05) is 24.5 Å². The Morgan fingerprint density at radius 2 is 1.81 bits per heavy atom. The first-order chi connectivity index (χ1) is 20.3. The Labute approximate surface area is 256 Å². The highest BCUT2D eigenvalue weighted by atomic mass is 35.5. The number of nitro groups is 1. The lowest BCUT2D eigenvalue weighted by Gasteiger charge is -2.32. The highest BCUT2D eigenvalue weighted by Crippen LogP contribution is 2.36. The molecular formula is C30H35ClN4O7S. The molecule has 13 heteroatoms. The molecule has 0 aromatic heterocycles. The first-order valence-corrected chi connectivity index (χ1v) is 15.4. The third-order valence-electron chi connectivity index (χ3n) is 6.81. The molecule has 0 radical (unpaired) electrons. The van der Waals surface area contributed by atoms with Gasteiger partial charge in [0.1, 0.15) is 18.3 Å². The summed E-state index contributed by atoms with van der Waals surface area (Å²) in [6.45, 7) is 6.53. The second kappa shape index (κ2) is 14.3. The van der Waals surface area contributed by atoms with Crippen molar-refractivity contribution in [3.05, 3.63) is 92.5 Å². The van der Waals surface area contributed by atoms with Gasteiger partial charge >= 0.3 is 0 Å². The molecule has 0 aliphatic heterocycles. The Morgan fingerprint density at radius 1 is 1.09 bits per heavy atom. The molecule has 0 saturated heterocycles. The Hall–Kier alpha value is -4.16.